The zero-order valence-corrected chi connectivity index (χ0v) is 12.4. The van der Waals surface area contributed by atoms with E-state index in [4.69, 9.17) is 0 Å². The van der Waals surface area contributed by atoms with Crippen LogP contribution in [0, 0.1) is 5.92 Å². The summed E-state index contributed by atoms with van der Waals surface area (Å²) >= 11 is 0. The fraction of sp³-hybridized carbons (Fsp3) is 0.412. The van der Waals surface area contributed by atoms with Gasteiger partial charge in [-0.1, -0.05) is 26.8 Å². The Balaban J connectivity index is 0.000000704. The van der Waals surface area contributed by atoms with Gasteiger partial charge in [-0.15, -0.1) is 0 Å². The first-order valence-electron chi connectivity index (χ1n) is 7.40. The van der Waals surface area contributed by atoms with Crippen LogP contribution in [0.2, 0.25) is 0 Å². The lowest BCUT2D eigenvalue weighted by Crippen LogP contribution is -2.13. The van der Waals surface area contributed by atoms with Crippen molar-refractivity contribution >= 4 is 16.5 Å². The van der Waals surface area contributed by atoms with Gasteiger partial charge in [0.25, 0.3) is 5.56 Å². The molecule has 0 saturated carbocycles. The van der Waals surface area contributed by atoms with Gasteiger partial charge in [-0.3, -0.25) is 9.78 Å². The predicted molar refractivity (Wildman–Crippen MR) is 84.7 cm³/mol. The molecule has 3 heteroatoms. The van der Waals surface area contributed by atoms with Gasteiger partial charge in [0.05, 0.1) is 11.7 Å². The van der Waals surface area contributed by atoms with E-state index < -0.39 is 0 Å². The Kier molecular flexibility index (Phi) is 4.72. The molecule has 3 nitrogen and oxygen atoms in total. The third-order valence-electron chi connectivity index (χ3n) is 3.67. The van der Waals surface area contributed by atoms with E-state index in [0.717, 1.165) is 35.2 Å². The van der Waals surface area contributed by atoms with Crippen molar-refractivity contribution in [1.82, 2.24) is 9.97 Å². The average molecular weight is 270 g/mol. The minimum absolute atomic E-state index is 0.00342. The molecule has 1 aliphatic carbocycles. The molecule has 0 saturated heterocycles. The average Bonchev–Trinajstić information content (AvgIpc) is 2.49. The highest BCUT2D eigenvalue weighted by Crippen LogP contribution is 2.29. The monoisotopic (exact) mass is 270 g/mol. The fourth-order valence-electron chi connectivity index (χ4n) is 2.49. The van der Waals surface area contributed by atoms with Crippen molar-refractivity contribution in [3.05, 3.63) is 46.5 Å². The van der Waals surface area contributed by atoms with Crippen LogP contribution in [0.5, 0.6) is 0 Å². The molecule has 1 atom stereocenters. The Morgan fingerprint density at radius 2 is 2.15 bits per heavy atom. The van der Waals surface area contributed by atoms with Gasteiger partial charge in [-0.2, -0.15) is 0 Å². The summed E-state index contributed by atoms with van der Waals surface area (Å²) in [5.41, 5.74) is 2.81. The molecule has 2 aromatic rings. The zero-order chi connectivity index (χ0) is 14.5. The molecule has 0 unspecified atom stereocenters. The first-order valence-corrected chi connectivity index (χ1v) is 7.40. The fourth-order valence-corrected chi connectivity index (χ4v) is 2.49. The zero-order valence-electron chi connectivity index (χ0n) is 12.4. The van der Waals surface area contributed by atoms with Crippen molar-refractivity contribution in [1.29, 1.82) is 0 Å². The summed E-state index contributed by atoms with van der Waals surface area (Å²) in [7, 11) is 0. The van der Waals surface area contributed by atoms with Gasteiger partial charge in [0.1, 0.15) is 0 Å². The number of nitrogens with one attached hydrogen (secondary N) is 1. The van der Waals surface area contributed by atoms with E-state index >= 15 is 0 Å². The SMILES string of the molecule is CC.C[C@H]1CC=C(c2cc3ccncc3[nH]c2=O)CC1. The van der Waals surface area contributed by atoms with E-state index in [1.807, 2.05) is 26.0 Å². The molecule has 2 aromatic heterocycles. The lowest BCUT2D eigenvalue weighted by atomic mass is 9.88. The summed E-state index contributed by atoms with van der Waals surface area (Å²) in [6.07, 6.45) is 8.90. The molecule has 0 amide bonds. The first-order chi connectivity index (χ1) is 9.74. The van der Waals surface area contributed by atoms with Crippen LogP contribution in [0.15, 0.2) is 35.4 Å². The topological polar surface area (TPSA) is 45.8 Å². The van der Waals surface area contributed by atoms with Gasteiger partial charge in [0.15, 0.2) is 0 Å². The summed E-state index contributed by atoms with van der Waals surface area (Å²) in [6.45, 7) is 6.25. The van der Waals surface area contributed by atoms with Crippen molar-refractivity contribution in [3.63, 3.8) is 0 Å². The van der Waals surface area contributed by atoms with E-state index in [-0.39, 0.29) is 5.56 Å². The number of aromatic nitrogens is 2. The maximum atomic E-state index is 12.1. The van der Waals surface area contributed by atoms with Gasteiger partial charge >= 0.3 is 0 Å². The molecule has 0 bridgehead atoms. The maximum Gasteiger partial charge on any atom is 0.256 e. The second-order valence-electron chi connectivity index (χ2n) is 5.08. The van der Waals surface area contributed by atoms with Gasteiger partial charge in [-0.25, -0.2) is 0 Å². The molecule has 0 aromatic carbocycles. The first kappa shape index (κ1) is 14.5. The van der Waals surface area contributed by atoms with Gasteiger partial charge in [-0.05, 0) is 42.9 Å². The number of aromatic amines is 1. The van der Waals surface area contributed by atoms with Crippen LogP contribution in [0.3, 0.4) is 0 Å². The van der Waals surface area contributed by atoms with Crippen molar-refractivity contribution in [2.75, 3.05) is 0 Å². The minimum Gasteiger partial charge on any atom is -0.320 e. The smallest absolute Gasteiger partial charge is 0.256 e. The highest BCUT2D eigenvalue weighted by atomic mass is 16.1. The van der Waals surface area contributed by atoms with E-state index in [1.165, 1.54) is 12.0 Å². The minimum atomic E-state index is -0.00342. The Morgan fingerprint density at radius 1 is 1.35 bits per heavy atom. The third-order valence-corrected chi connectivity index (χ3v) is 3.67. The van der Waals surface area contributed by atoms with Crippen LogP contribution in [-0.2, 0) is 0 Å². The van der Waals surface area contributed by atoms with Crippen molar-refractivity contribution in [2.24, 2.45) is 5.92 Å². The standard InChI is InChI=1S/C15H16N2O.C2H6/c1-10-2-4-11(5-3-10)13-8-12-6-7-16-9-14(12)17-15(13)18;1-2/h4,6-10H,2-3,5H2,1H3,(H,17,18);1-2H3/t10-;/m0./s1. The summed E-state index contributed by atoms with van der Waals surface area (Å²) in [5.74, 6) is 0.734. The Bertz CT molecular complexity index is 670. The molecule has 2 heterocycles. The van der Waals surface area contributed by atoms with Gasteiger partial charge in [0.2, 0.25) is 0 Å². The molecule has 1 aliphatic rings. The second-order valence-corrected chi connectivity index (χ2v) is 5.08. The predicted octanol–water partition coefficient (Wildman–Crippen LogP) is 4.15. The number of hydrogen-bond acceptors (Lipinski definition) is 2. The van der Waals surface area contributed by atoms with Gasteiger partial charge in [0, 0.05) is 17.1 Å². The molecule has 0 aliphatic heterocycles. The Labute approximate surface area is 119 Å². The number of H-pyrrole nitrogens is 1. The highest BCUT2D eigenvalue weighted by Gasteiger charge is 2.14. The third kappa shape index (κ3) is 2.98. The summed E-state index contributed by atoms with van der Waals surface area (Å²) in [5, 5.41) is 1.04. The summed E-state index contributed by atoms with van der Waals surface area (Å²) in [6, 6.07) is 3.92. The van der Waals surface area contributed by atoms with Crippen molar-refractivity contribution in [3.8, 4) is 0 Å². The number of allylic oxidation sites excluding steroid dienone is 2. The maximum absolute atomic E-state index is 12.1. The molecule has 0 radical (unpaired) electrons. The molecular formula is C17H22N2O. The number of hydrogen-bond donors (Lipinski definition) is 1. The number of rotatable bonds is 1. The summed E-state index contributed by atoms with van der Waals surface area (Å²) < 4.78 is 0. The molecule has 0 spiro atoms. The normalized spacial score (nSPS) is 18.1. The molecular weight excluding hydrogens is 248 g/mol. The lowest BCUT2D eigenvalue weighted by molar-refractivity contribution is 0.533. The van der Waals surface area contributed by atoms with Crippen molar-refractivity contribution < 1.29 is 0 Å². The Hall–Kier alpha value is -1.90. The molecule has 20 heavy (non-hydrogen) atoms. The summed E-state index contributed by atoms with van der Waals surface area (Å²) in [4.78, 5) is 19.0. The lowest BCUT2D eigenvalue weighted by Gasteiger charge is -2.18. The van der Waals surface area contributed by atoms with E-state index in [9.17, 15) is 4.79 Å². The molecule has 1 N–H and O–H groups in total. The van der Waals surface area contributed by atoms with E-state index in [0.29, 0.717) is 0 Å². The molecule has 3 rings (SSSR count). The van der Waals surface area contributed by atoms with Crippen LogP contribution in [0.4, 0.5) is 0 Å². The number of fused-ring (bicyclic) bond motifs is 1. The molecule has 0 fully saturated rings. The van der Waals surface area contributed by atoms with E-state index in [1.54, 1.807) is 12.4 Å². The van der Waals surface area contributed by atoms with Gasteiger partial charge < -0.3 is 4.98 Å². The second kappa shape index (κ2) is 6.51. The van der Waals surface area contributed by atoms with Crippen LogP contribution in [0.25, 0.3) is 16.5 Å². The quantitative estimate of drug-likeness (QED) is 0.846. The highest BCUT2D eigenvalue weighted by molar-refractivity contribution is 5.81. The van der Waals surface area contributed by atoms with Crippen LogP contribution in [-0.4, -0.2) is 9.97 Å². The van der Waals surface area contributed by atoms with E-state index in [2.05, 4.69) is 23.0 Å². The van der Waals surface area contributed by atoms with Crippen LogP contribution in [0.1, 0.15) is 45.6 Å². The number of pyridine rings is 2. The number of nitrogens with zero attached hydrogens (tertiary/aromatic N) is 1. The van der Waals surface area contributed by atoms with Crippen LogP contribution < -0.4 is 5.56 Å². The largest absolute Gasteiger partial charge is 0.320 e. The van der Waals surface area contributed by atoms with Crippen LogP contribution >= 0.6 is 0 Å². The Morgan fingerprint density at radius 3 is 2.85 bits per heavy atom. The van der Waals surface area contributed by atoms with Crippen molar-refractivity contribution in [2.45, 2.75) is 40.0 Å². The molecule has 106 valence electrons.